The molecule has 2 aliphatic heterocycles. The molecule has 1 fully saturated rings. The van der Waals surface area contributed by atoms with Crippen molar-refractivity contribution in [2.45, 2.75) is 57.5 Å². The molecule has 2 rings (SSSR count). The van der Waals surface area contributed by atoms with E-state index in [1.807, 2.05) is 11.8 Å². The van der Waals surface area contributed by atoms with Crippen molar-refractivity contribution < 1.29 is 4.74 Å². The van der Waals surface area contributed by atoms with Crippen LogP contribution in [0.15, 0.2) is 4.99 Å². The van der Waals surface area contributed by atoms with E-state index in [4.69, 9.17) is 9.73 Å². The Morgan fingerprint density at radius 2 is 2.24 bits per heavy atom. The number of hydrogen-bond acceptors (Lipinski definition) is 4. The minimum absolute atomic E-state index is 0.0794. The lowest BCUT2D eigenvalue weighted by Gasteiger charge is -2.38. The van der Waals surface area contributed by atoms with Gasteiger partial charge < -0.3 is 10.1 Å². The highest BCUT2D eigenvalue weighted by atomic mass is 32.2. The number of nitrogens with zero attached hydrogens (tertiary/aromatic N) is 1. The average Bonchev–Trinajstić information content (AvgIpc) is 2.29. The fraction of sp³-hybridized carbons (Fsp3) is 0.923. The van der Waals surface area contributed by atoms with Crippen LogP contribution in [0.4, 0.5) is 0 Å². The molecule has 2 atom stereocenters. The zero-order valence-corrected chi connectivity index (χ0v) is 12.0. The van der Waals surface area contributed by atoms with Crippen molar-refractivity contribution in [3.63, 3.8) is 0 Å². The van der Waals surface area contributed by atoms with Crippen LogP contribution in [-0.4, -0.2) is 35.2 Å². The van der Waals surface area contributed by atoms with Crippen molar-refractivity contribution in [1.82, 2.24) is 5.32 Å². The maximum absolute atomic E-state index is 5.58. The normalized spacial score (nSPS) is 38.6. The number of nitrogens with one attached hydrogen (secondary N) is 1. The standard InChI is InChI=1S/C13H24N2OS/c1-4-12(2)7-9-17-11(14-12)15-13(3)6-5-8-16-10-13/h4-10H2,1-3H3,(H,14,15). The van der Waals surface area contributed by atoms with Crippen LogP contribution in [0.25, 0.3) is 0 Å². The Kier molecular flexibility index (Phi) is 4.03. The van der Waals surface area contributed by atoms with Crippen molar-refractivity contribution in [3.8, 4) is 0 Å². The summed E-state index contributed by atoms with van der Waals surface area (Å²) in [6.07, 6.45) is 4.63. The topological polar surface area (TPSA) is 33.6 Å². The third-order valence-corrected chi connectivity index (χ3v) is 4.73. The molecule has 0 aliphatic carbocycles. The predicted molar refractivity (Wildman–Crippen MR) is 74.8 cm³/mol. The number of rotatable bonds is 2. The molecule has 0 aromatic rings. The van der Waals surface area contributed by atoms with Crippen molar-refractivity contribution in [2.24, 2.45) is 4.99 Å². The van der Waals surface area contributed by atoms with Crippen LogP contribution in [0, 0.1) is 0 Å². The third kappa shape index (κ3) is 3.38. The fourth-order valence-corrected chi connectivity index (χ4v) is 3.65. The molecule has 17 heavy (non-hydrogen) atoms. The summed E-state index contributed by atoms with van der Waals surface area (Å²) in [4.78, 5) is 4.88. The van der Waals surface area contributed by atoms with E-state index in [0.717, 1.165) is 31.2 Å². The summed E-state index contributed by atoms with van der Waals surface area (Å²) in [6, 6.07) is 0. The van der Waals surface area contributed by atoms with Crippen LogP contribution < -0.4 is 5.32 Å². The molecular weight excluding hydrogens is 232 g/mol. The first-order chi connectivity index (χ1) is 8.05. The van der Waals surface area contributed by atoms with E-state index < -0.39 is 0 Å². The molecule has 4 heteroatoms. The summed E-state index contributed by atoms with van der Waals surface area (Å²) in [5, 5.41) is 4.73. The van der Waals surface area contributed by atoms with Gasteiger partial charge in [-0.3, -0.25) is 4.99 Å². The Hall–Kier alpha value is -0.220. The molecule has 0 aromatic heterocycles. The number of ether oxygens (including phenoxy) is 1. The van der Waals surface area contributed by atoms with Gasteiger partial charge in [-0.2, -0.15) is 0 Å². The molecule has 2 aliphatic rings. The highest BCUT2D eigenvalue weighted by Crippen LogP contribution is 2.30. The lowest BCUT2D eigenvalue weighted by molar-refractivity contribution is 0.0373. The van der Waals surface area contributed by atoms with E-state index >= 15 is 0 Å². The number of hydrogen-bond donors (Lipinski definition) is 1. The second-order valence-corrected chi connectivity index (χ2v) is 6.79. The van der Waals surface area contributed by atoms with Crippen molar-refractivity contribution >= 4 is 16.9 Å². The summed E-state index contributed by atoms with van der Waals surface area (Å²) in [5.74, 6) is 1.17. The zero-order chi connectivity index (χ0) is 12.4. The van der Waals surface area contributed by atoms with Crippen molar-refractivity contribution in [2.75, 3.05) is 19.0 Å². The predicted octanol–water partition coefficient (Wildman–Crippen LogP) is 2.81. The highest BCUT2D eigenvalue weighted by Gasteiger charge is 2.32. The van der Waals surface area contributed by atoms with E-state index in [1.165, 1.54) is 18.6 Å². The molecule has 0 radical (unpaired) electrons. The molecule has 2 unspecified atom stereocenters. The van der Waals surface area contributed by atoms with Crippen molar-refractivity contribution in [1.29, 1.82) is 0 Å². The smallest absolute Gasteiger partial charge is 0.157 e. The number of aliphatic imine (C=N–C) groups is 1. The van der Waals surface area contributed by atoms with Crippen LogP contribution in [-0.2, 0) is 4.74 Å². The highest BCUT2D eigenvalue weighted by molar-refractivity contribution is 8.13. The second kappa shape index (κ2) is 5.19. The van der Waals surface area contributed by atoms with Crippen LogP contribution in [0.5, 0.6) is 0 Å². The van der Waals surface area contributed by atoms with Gasteiger partial charge in [0.2, 0.25) is 0 Å². The van der Waals surface area contributed by atoms with E-state index in [2.05, 4.69) is 26.1 Å². The molecule has 0 bridgehead atoms. The summed E-state index contributed by atoms with van der Waals surface area (Å²) in [7, 11) is 0. The van der Waals surface area contributed by atoms with Crippen LogP contribution in [0.2, 0.25) is 0 Å². The molecule has 1 N–H and O–H groups in total. The first kappa shape index (κ1) is 13.2. The Bertz CT molecular complexity index is 300. The van der Waals surface area contributed by atoms with E-state index in [0.29, 0.717) is 0 Å². The van der Waals surface area contributed by atoms with Gasteiger partial charge in [0, 0.05) is 12.4 Å². The minimum Gasteiger partial charge on any atom is -0.379 e. The van der Waals surface area contributed by atoms with Crippen molar-refractivity contribution in [3.05, 3.63) is 0 Å². The molecule has 0 saturated carbocycles. The molecular formula is C13H24N2OS. The van der Waals surface area contributed by atoms with E-state index in [1.54, 1.807) is 0 Å². The van der Waals surface area contributed by atoms with Gasteiger partial charge in [-0.15, -0.1) is 0 Å². The first-order valence-electron chi connectivity index (χ1n) is 6.64. The van der Waals surface area contributed by atoms with Crippen LogP contribution >= 0.6 is 11.8 Å². The SMILES string of the molecule is CCC1(C)CCSC(NC2(C)CCCOC2)=N1. The zero-order valence-electron chi connectivity index (χ0n) is 11.2. The Labute approximate surface area is 109 Å². The van der Waals surface area contributed by atoms with Gasteiger partial charge in [-0.05, 0) is 39.5 Å². The molecule has 0 spiro atoms. The summed E-state index contributed by atoms with van der Waals surface area (Å²) in [5.41, 5.74) is 0.218. The Balaban J connectivity index is 2.02. The van der Waals surface area contributed by atoms with Gasteiger partial charge >= 0.3 is 0 Å². The van der Waals surface area contributed by atoms with Gasteiger partial charge in [-0.1, -0.05) is 18.7 Å². The lowest BCUT2D eigenvalue weighted by Crippen LogP contribution is -2.52. The molecule has 98 valence electrons. The van der Waals surface area contributed by atoms with Gasteiger partial charge in [0.05, 0.1) is 17.7 Å². The molecule has 2 heterocycles. The Morgan fingerprint density at radius 3 is 2.88 bits per heavy atom. The van der Waals surface area contributed by atoms with E-state index in [9.17, 15) is 0 Å². The maximum atomic E-state index is 5.58. The Morgan fingerprint density at radius 1 is 1.41 bits per heavy atom. The minimum atomic E-state index is 0.0794. The molecule has 0 amide bonds. The number of amidine groups is 1. The van der Waals surface area contributed by atoms with Gasteiger partial charge in [-0.25, -0.2) is 0 Å². The van der Waals surface area contributed by atoms with Gasteiger partial charge in [0.25, 0.3) is 0 Å². The monoisotopic (exact) mass is 256 g/mol. The van der Waals surface area contributed by atoms with Gasteiger partial charge in [0.15, 0.2) is 5.17 Å². The van der Waals surface area contributed by atoms with Crippen LogP contribution in [0.1, 0.15) is 46.5 Å². The summed E-state index contributed by atoms with van der Waals surface area (Å²) in [6.45, 7) is 8.43. The summed E-state index contributed by atoms with van der Waals surface area (Å²) < 4.78 is 5.58. The number of thioether (sulfide) groups is 1. The fourth-order valence-electron chi connectivity index (χ4n) is 2.31. The maximum Gasteiger partial charge on any atom is 0.157 e. The summed E-state index contributed by atoms with van der Waals surface area (Å²) >= 11 is 1.86. The largest absolute Gasteiger partial charge is 0.379 e. The molecule has 1 saturated heterocycles. The van der Waals surface area contributed by atoms with E-state index in [-0.39, 0.29) is 11.1 Å². The van der Waals surface area contributed by atoms with Gasteiger partial charge in [0.1, 0.15) is 0 Å². The molecule has 3 nitrogen and oxygen atoms in total. The lowest BCUT2D eigenvalue weighted by atomic mass is 9.95. The molecule has 0 aromatic carbocycles. The third-order valence-electron chi connectivity index (χ3n) is 3.86. The second-order valence-electron chi connectivity index (χ2n) is 5.71. The van der Waals surface area contributed by atoms with Crippen LogP contribution in [0.3, 0.4) is 0 Å². The quantitative estimate of drug-likeness (QED) is 0.825. The average molecular weight is 256 g/mol. The first-order valence-corrected chi connectivity index (χ1v) is 7.62.